The van der Waals surface area contributed by atoms with Gasteiger partial charge in [-0.25, -0.2) is 0 Å². The van der Waals surface area contributed by atoms with Gasteiger partial charge in [-0.2, -0.15) is 0 Å². The Morgan fingerprint density at radius 2 is 2.00 bits per heavy atom. The molecule has 1 saturated heterocycles. The van der Waals surface area contributed by atoms with Crippen LogP contribution in [0.1, 0.15) is 34.5 Å². The summed E-state index contributed by atoms with van der Waals surface area (Å²) in [5.41, 5.74) is 9.53. The molecule has 2 unspecified atom stereocenters. The molecule has 28 heavy (non-hydrogen) atoms. The molecule has 2 aromatic carbocycles. The summed E-state index contributed by atoms with van der Waals surface area (Å²) in [6.45, 7) is 6.76. The van der Waals surface area contributed by atoms with Crippen molar-refractivity contribution in [3.05, 3.63) is 64.2 Å². The number of piperazine rings is 1. The number of primary amides is 1. The summed E-state index contributed by atoms with van der Waals surface area (Å²) >= 11 is 6.10. The monoisotopic (exact) mass is 399 g/mol. The van der Waals surface area contributed by atoms with Crippen molar-refractivity contribution in [1.29, 1.82) is 0 Å². The van der Waals surface area contributed by atoms with E-state index in [2.05, 4.69) is 28.9 Å². The van der Waals surface area contributed by atoms with Crippen LogP contribution in [-0.2, 0) is 11.2 Å². The molecular weight excluding hydrogens is 374 g/mol. The summed E-state index contributed by atoms with van der Waals surface area (Å²) in [5, 5.41) is 0.741. The van der Waals surface area contributed by atoms with E-state index >= 15 is 0 Å². The Morgan fingerprint density at radius 3 is 2.71 bits per heavy atom. The highest BCUT2D eigenvalue weighted by molar-refractivity contribution is 6.30. The number of fused-ring (bicyclic) bond motifs is 1. The first kappa shape index (κ1) is 19.2. The van der Waals surface area contributed by atoms with Crippen molar-refractivity contribution in [3.63, 3.8) is 0 Å². The number of benzene rings is 2. The number of hydrogen-bond donors (Lipinski definition) is 1. The summed E-state index contributed by atoms with van der Waals surface area (Å²) in [6.07, 6.45) is 0.758. The molecule has 0 bridgehead atoms. The zero-order valence-corrected chi connectivity index (χ0v) is 16.9. The molecule has 0 spiro atoms. The molecule has 2 aliphatic rings. The first-order chi connectivity index (χ1) is 13.6. The fourth-order valence-corrected chi connectivity index (χ4v) is 4.45. The molecule has 2 heterocycles. The van der Waals surface area contributed by atoms with Crippen LogP contribution in [-0.4, -0.2) is 49.6 Å². The lowest BCUT2D eigenvalue weighted by molar-refractivity contribution is 0.00757. The normalized spacial score (nSPS) is 22.7. The number of rotatable bonds is 4. The van der Waals surface area contributed by atoms with Gasteiger partial charge in [0.05, 0.1) is 12.6 Å². The predicted molar refractivity (Wildman–Crippen MR) is 112 cm³/mol. The molecule has 4 rings (SSSR count). The lowest BCUT2D eigenvalue weighted by Crippen LogP contribution is -2.56. The Kier molecular flexibility index (Phi) is 5.58. The van der Waals surface area contributed by atoms with Gasteiger partial charge >= 0.3 is 0 Å². The van der Waals surface area contributed by atoms with Crippen LogP contribution in [0.5, 0.6) is 0 Å². The Bertz CT molecular complexity index is 855. The molecule has 148 valence electrons. The van der Waals surface area contributed by atoms with Gasteiger partial charge < -0.3 is 15.4 Å². The van der Waals surface area contributed by atoms with Crippen LogP contribution in [0.15, 0.2) is 42.5 Å². The number of likely N-dealkylation sites (N-methyl/N-ethyl adjacent to an activating group) is 1. The lowest BCUT2D eigenvalue weighted by atomic mass is 9.89. The average Bonchev–Trinajstić information content (AvgIpc) is 2.73. The minimum absolute atomic E-state index is 0.0456. The van der Waals surface area contributed by atoms with Crippen molar-refractivity contribution in [3.8, 4) is 0 Å². The molecule has 0 saturated carbocycles. The molecule has 1 amide bonds. The first-order valence-corrected chi connectivity index (χ1v) is 10.2. The van der Waals surface area contributed by atoms with Gasteiger partial charge in [-0.15, -0.1) is 0 Å². The standard InChI is InChI=1S/C22H26ClN3O2/c1-2-25-10-11-26(18-6-4-17(23)5-7-18)20(14-25)21-19-8-3-16(22(24)27)13-15(19)9-12-28-21/h3-8,13,20-21H,2,9-12,14H2,1H3,(H2,24,27). The highest BCUT2D eigenvalue weighted by atomic mass is 35.5. The van der Waals surface area contributed by atoms with E-state index in [0.717, 1.165) is 54.4 Å². The second kappa shape index (κ2) is 8.11. The smallest absolute Gasteiger partial charge is 0.248 e. The van der Waals surface area contributed by atoms with Crippen LogP contribution in [0.2, 0.25) is 5.02 Å². The van der Waals surface area contributed by atoms with Crippen LogP contribution in [0, 0.1) is 0 Å². The van der Waals surface area contributed by atoms with E-state index in [1.165, 1.54) is 0 Å². The molecule has 2 aliphatic heterocycles. The van der Waals surface area contributed by atoms with Crippen LogP contribution in [0.4, 0.5) is 5.69 Å². The molecule has 6 heteroatoms. The molecule has 0 aromatic heterocycles. The van der Waals surface area contributed by atoms with E-state index in [9.17, 15) is 4.79 Å². The van der Waals surface area contributed by atoms with Gasteiger partial charge in [0.25, 0.3) is 0 Å². The Hall–Kier alpha value is -2.08. The van der Waals surface area contributed by atoms with Crippen molar-refractivity contribution in [1.82, 2.24) is 4.90 Å². The van der Waals surface area contributed by atoms with Crippen molar-refractivity contribution in [2.24, 2.45) is 5.73 Å². The zero-order chi connectivity index (χ0) is 19.7. The fraction of sp³-hybridized carbons (Fsp3) is 0.409. The van der Waals surface area contributed by atoms with Crippen LogP contribution >= 0.6 is 11.6 Å². The van der Waals surface area contributed by atoms with Crippen molar-refractivity contribution in [2.75, 3.05) is 37.7 Å². The number of amides is 1. The quantitative estimate of drug-likeness (QED) is 0.857. The number of carbonyl (C=O) groups excluding carboxylic acids is 1. The lowest BCUT2D eigenvalue weighted by Gasteiger charge is -2.47. The average molecular weight is 400 g/mol. The second-order valence-electron chi connectivity index (χ2n) is 7.45. The largest absolute Gasteiger partial charge is 0.371 e. The highest BCUT2D eigenvalue weighted by Crippen LogP contribution is 2.36. The van der Waals surface area contributed by atoms with Crippen molar-refractivity contribution < 1.29 is 9.53 Å². The van der Waals surface area contributed by atoms with Gasteiger partial charge in [0.1, 0.15) is 6.10 Å². The van der Waals surface area contributed by atoms with Gasteiger partial charge in [-0.1, -0.05) is 24.6 Å². The van der Waals surface area contributed by atoms with Crippen molar-refractivity contribution >= 4 is 23.2 Å². The maximum Gasteiger partial charge on any atom is 0.248 e. The number of ether oxygens (including phenoxy) is 1. The second-order valence-corrected chi connectivity index (χ2v) is 7.89. The fourth-order valence-electron chi connectivity index (χ4n) is 4.33. The summed E-state index contributed by atoms with van der Waals surface area (Å²) in [4.78, 5) is 16.5. The maximum absolute atomic E-state index is 11.6. The van der Waals surface area contributed by atoms with Crippen LogP contribution in [0.25, 0.3) is 0 Å². The summed E-state index contributed by atoms with van der Waals surface area (Å²) < 4.78 is 6.30. The minimum Gasteiger partial charge on any atom is -0.371 e. The van der Waals surface area contributed by atoms with Crippen molar-refractivity contribution in [2.45, 2.75) is 25.5 Å². The zero-order valence-electron chi connectivity index (χ0n) is 16.1. The Labute approximate surface area is 171 Å². The van der Waals surface area contributed by atoms with E-state index in [-0.39, 0.29) is 18.1 Å². The summed E-state index contributed by atoms with van der Waals surface area (Å²) in [5.74, 6) is -0.386. The molecule has 2 aromatic rings. The number of hydrogen-bond acceptors (Lipinski definition) is 4. The molecule has 1 fully saturated rings. The number of carbonyl (C=O) groups is 1. The number of nitrogens with two attached hydrogens (primary N) is 1. The topological polar surface area (TPSA) is 58.8 Å². The van der Waals surface area contributed by atoms with Gasteiger partial charge in [-0.3, -0.25) is 9.69 Å². The molecule has 2 N–H and O–H groups in total. The van der Waals surface area contributed by atoms with E-state index < -0.39 is 0 Å². The molecular formula is C22H26ClN3O2. The SMILES string of the molecule is CCN1CCN(c2ccc(Cl)cc2)C(C2OCCc3cc(C(N)=O)ccc32)C1. The minimum atomic E-state index is -0.386. The van der Waals surface area contributed by atoms with E-state index in [1.54, 1.807) is 0 Å². The first-order valence-electron chi connectivity index (χ1n) is 9.85. The molecule has 5 nitrogen and oxygen atoms in total. The van der Waals surface area contributed by atoms with Gasteiger partial charge in [0.15, 0.2) is 0 Å². The number of nitrogens with zero attached hydrogens (tertiary/aromatic N) is 2. The third-order valence-electron chi connectivity index (χ3n) is 5.86. The Morgan fingerprint density at radius 1 is 1.21 bits per heavy atom. The predicted octanol–water partition coefficient (Wildman–Crippen LogP) is 3.26. The van der Waals surface area contributed by atoms with Crippen LogP contribution in [0.3, 0.4) is 0 Å². The Balaban J connectivity index is 1.70. The third-order valence-corrected chi connectivity index (χ3v) is 6.11. The number of anilines is 1. The maximum atomic E-state index is 11.6. The van der Waals surface area contributed by atoms with E-state index in [4.69, 9.17) is 22.1 Å². The van der Waals surface area contributed by atoms with E-state index in [0.29, 0.717) is 12.2 Å². The van der Waals surface area contributed by atoms with Gasteiger partial charge in [-0.05, 0) is 60.5 Å². The van der Waals surface area contributed by atoms with Gasteiger partial charge in [0, 0.05) is 35.9 Å². The van der Waals surface area contributed by atoms with Gasteiger partial charge in [0.2, 0.25) is 5.91 Å². The summed E-state index contributed by atoms with van der Waals surface area (Å²) in [7, 11) is 0. The molecule has 0 radical (unpaired) electrons. The number of halogens is 1. The third kappa shape index (κ3) is 3.75. The summed E-state index contributed by atoms with van der Waals surface area (Å²) in [6, 6.07) is 14.0. The molecule has 0 aliphatic carbocycles. The van der Waals surface area contributed by atoms with Crippen LogP contribution < -0.4 is 10.6 Å². The molecule has 2 atom stereocenters. The van der Waals surface area contributed by atoms with E-state index in [1.807, 2.05) is 30.3 Å². The highest BCUT2D eigenvalue weighted by Gasteiger charge is 2.37.